The van der Waals surface area contributed by atoms with Crippen LogP contribution in [0.3, 0.4) is 0 Å². The Morgan fingerprint density at radius 3 is 2.67 bits per heavy atom. The Morgan fingerprint density at radius 1 is 1.43 bits per heavy atom. The van der Waals surface area contributed by atoms with Gasteiger partial charge in [-0.1, -0.05) is 0 Å². The predicted octanol–water partition coefficient (Wildman–Crippen LogP) is 1.49. The standard InChI is InChI=1S/C15H21N3O3/c1-9-5-12(18-17-9)7-14(19)16-8-15(4,20)13-6-10(2)21-11(13)3/h5-6,20H,7-8H2,1-4H3,(H,16,19)(H,17,18). The van der Waals surface area contributed by atoms with Crippen LogP contribution < -0.4 is 5.32 Å². The van der Waals surface area contributed by atoms with E-state index in [9.17, 15) is 9.90 Å². The molecule has 0 bridgehead atoms. The average molecular weight is 291 g/mol. The number of nitrogens with one attached hydrogen (secondary N) is 2. The summed E-state index contributed by atoms with van der Waals surface area (Å²) in [5.41, 5.74) is 1.11. The molecule has 6 heteroatoms. The summed E-state index contributed by atoms with van der Waals surface area (Å²) >= 11 is 0. The zero-order valence-electron chi connectivity index (χ0n) is 12.8. The number of rotatable bonds is 5. The maximum atomic E-state index is 11.9. The number of aromatic nitrogens is 2. The Labute approximate surface area is 123 Å². The lowest BCUT2D eigenvalue weighted by Gasteiger charge is -2.23. The second-order valence-corrected chi connectivity index (χ2v) is 5.60. The highest BCUT2D eigenvalue weighted by atomic mass is 16.3. The minimum absolute atomic E-state index is 0.120. The van der Waals surface area contributed by atoms with E-state index in [1.54, 1.807) is 19.9 Å². The van der Waals surface area contributed by atoms with E-state index >= 15 is 0 Å². The van der Waals surface area contributed by atoms with E-state index in [2.05, 4.69) is 15.5 Å². The van der Waals surface area contributed by atoms with E-state index in [0.29, 0.717) is 17.0 Å². The number of aryl methyl sites for hydroxylation is 3. The molecule has 0 radical (unpaired) electrons. The van der Waals surface area contributed by atoms with Crippen molar-refractivity contribution in [3.8, 4) is 0 Å². The van der Waals surface area contributed by atoms with Crippen LogP contribution in [0.4, 0.5) is 0 Å². The number of furan rings is 1. The summed E-state index contributed by atoms with van der Waals surface area (Å²) < 4.78 is 5.42. The molecular weight excluding hydrogens is 270 g/mol. The highest BCUT2D eigenvalue weighted by Crippen LogP contribution is 2.26. The van der Waals surface area contributed by atoms with Gasteiger partial charge in [0.05, 0.1) is 18.7 Å². The van der Waals surface area contributed by atoms with Crippen molar-refractivity contribution in [3.63, 3.8) is 0 Å². The molecule has 1 unspecified atom stereocenters. The maximum Gasteiger partial charge on any atom is 0.226 e. The minimum atomic E-state index is -1.17. The highest BCUT2D eigenvalue weighted by molar-refractivity contribution is 5.78. The molecule has 2 heterocycles. The lowest BCUT2D eigenvalue weighted by molar-refractivity contribution is -0.121. The van der Waals surface area contributed by atoms with Crippen molar-refractivity contribution in [2.75, 3.05) is 6.54 Å². The van der Waals surface area contributed by atoms with Crippen LogP contribution in [0.1, 0.15) is 35.4 Å². The molecule has 2 aromatic rings. The van der Waals surface area contributed by atoms with Gasteiger partial charge < -0.3 is 14.8 Å². The van der Waals surface area contributed by atoms with Crippen LogP contribution in [0.15, 0.2) is 16.5 Å². The molecule has 0 saturated carbocycles. The number of hydrogen-bond donors (Lipinski definition) is 3. The Hall–Kier alpha value is -2.08. The lowest BCUT2D eigenvalue weighted by Crippen LogP contribution is -2.39. The fraction of sp³-hybridized carbons (Fsp3) is 0.467. The third-order valence-electron chi connectivity index (χ3n) is 3.35. The first-order valence-corrected chi connectivity index (χ1v) is 6.85. The smallest absolute Gasteiger partial charge is 0.226 e. The van der Waals surface area contributed by atoms with Gasteiger partial charge in [-0.2, -0.15) is 5.10 Å². The summed E-state index contributed by atoms with van der Waals surface area (Å²) in [7, 11) is 0. The van der Waals surface area contributed by atoms with E-state index in [-0.39, 0.29) is 18.9 Å². The molecular formula is C15H21N3O3. The molecule has 0 aliphatic heterocycles. The van der Waals surface area contributed by atoms with Crippen molar-refractivity contribution < 1.29 is 14.3 Å². The summed E-state index contributed by atoms with van der Waals surface area (Å²) in [5.74, 6) is 1.22. The molecule has 3 N–H and O–H groups in total. The Morgan fingerprint density at radius 2 is 2.14 bits per heavy atom. The summed E-state index contributed by atoms with van der Waals surface area (Å²) in [6.07, 6.45) is 0.184. The third kappa shape index (κ3) is 3.72. The molecule has 1 atom stereocenters. The van der Waals surface area contributed by atoms with Gasteiger partial charge in [0.25, 0.3) is 0 Å². The van der Waals surface area contributed by atoms with E-state index in [1.165, 1.54) is 0 Å². The van der Waals surface area contributed by atoms with E-state index in [4.69, 9.17) is 4.42 Å². The number of aromatic amines is 1. The number of amides is 1. The van der Waals surface area contributed by atoms with E-state index in [1.807, 2.05) is 19.9 Å². The van der Waals surface area contributed by atoms with Gasteiger partial charge in [-0.15, -0.1) is 0 Å². The molecule has 2 rings (SSSR count). The van der Waals surface area contributed by atoms with Crippen molar-refractivity contribution in [3.05, 3.63) is 40.6 Å². The molecule has 0 spiro atoms. The SMILES string of the molecule is Cc1cc(CC(=O)NCC(C)(O)c2cc(C)oc2C)n[nH]1. The van der Waals surface area contributed by atoms with Crippen molar-refractivity contribution in [2.24, 2.45) is 0 Å². The normalized spacial score (nSPS) is 14.0. The molecule has 0 aromatic carbocycles. The predicted molar refractivity (Wildman–Crippen MR) is 77.8 cm³/mol. The highest BCUT2D eigenvalue weighted by Gasteiger charge is 2.28. The molecule has 21 heavy (non-hydrogen) atoms. The first-order chi connectivity index (χ1) is 9.78. The zero-order valence-corrected chi connectivity index (χ0v) is 12.8. The number of aliphatic hydroxyl groups is 1. The number of carbonyl (C=O) groups is 1. The van der Waals surface area contributed by atoms with Crippen LogP contribution in [-0.4, -0.2) is 27.8 Å². The quantitative estimate of drug-likeness (QED) is 0.778. The van der Waals surface area contributed by atoms with Crippen molar-refractivity contribution >= 4 is 5.91 Å². The fourth-order valence-corrected chi connectivity index (χ4v) is 2.32. The van der Waals surface area contributed by atoms with Crippen LogP contribution in [-0.2, 0) is 16.8 Å². The molecule has 6 nitrogen and oxygen atoms in total. The number of nitrogens with zero attached hydrogens (tertiary/aromatic N) is 1. The lowest BCUT2D eigenvalue weighted by atomic mass is 9.96. The van der Waals surface area contributed by atoms with Gasteiger partial charge in [0.15, 0.2) is 0 Å². The molecule has 114 valence electrons. The molecule has 2 aromatic heterocycles. The Bertz CT molecular complexity index is 640. The van der Waals surface area contributed by atoms with Gasteiger partial charge in [-0.05, 0) is 39.8 Å². The molecule has 0 aliphatic rings. The van der Waals surface area contributed by atoms with Gasteiger partial charge in [-0.3, -0.25) is 9.89 Å². The van der Waals surface area contributed by atoms with Crippen LogP contribution in [0.2, 0.25) is 0 Å². The first kappa shape index (κ1) is 15.3. The second kappa shape index (κ2) is 5.73. The van der Waals surface area contributed by atoms with Crippen LogP contribution in [0.25, 0.3) is 0 Å². The van der Waals surface area contributed by atoms with Crippen LogP contribution in [0.5, 0.6) is 0 Å². The Kier molecular flexibility index (Phi) is 4.18. The molecule has 0 saturated heterocycles. The van der Waals surface area contributed by atoms with Gasteiger partial charge in [0, 0.05) is 11.3 Å². The fourth-order valence-electron chi connectivity index (χ4n) is 2.32. The minimum Gasteiger partial charge on any atom is -0.466 e. The molecule has 0 aliphatic carbocycles. The number of hydrogen-bond acceptors (Lipinski definition) is 4. The second-order valence-electron chi connectivity index (χ2n) is 5.60. The first-order valence-electron chi connectivity index (χ1n) is 6.85. The monoisotopic (exact) mass is 291 g/mol. The van der Waals surface area contributed by atoms with Gasteiger partial charge in [0.2, 0.25) is 5.91 Å². The van der Waals surface area contributed by atoms with Crippen LogP contribution >= 0.6 is 0 Å². The maximum absolute atomic E-state index is 11.9. The summed E-state index contributed by atoms with van der Waals surface area (Å²) in [4.78, 5) is 11.9. The van der Waals surface area contributed by atoms with Crippen molar-refractivity contribution in [1.82, 2.24) is 15.5 Å². The number of carbonyl (C=O) groups excluding carboxylic acids is 1. The molecule has 1 amide bonds. The zero-order chi connectivity index (χ0) is 15.6. The average Bonchev–Trinajstić information content (AvgIpc) is 2.93. The Balaban J connectivity index is 1.95. The molecule has 0 fully saturated rings. The largest absolute Gasteiger partial charge is 0.466 e. The summed E-state index contributed by atoms with van der Waals surface area (Å²) in [6, 6.07) is 3.61. The van der Waals surface area contributed by atoms with Gasteiger partial charge in [-0.25, -0.2) is 0 Å². The summed E-state index contributed by atoms with van der Waals surface area (Å²) in [6.45, 7) is 7.28. The van der Waals surface area contributed by atoms with Crippen molar-refractivity contribution in [2.45, 2.75) is 39.7 Å². The number of H-pyrrole nitrogens is 1. The van der Waals surface area contributed by atoms with Gasteiger partial charge in [0.1, 0.15) is 17.1 Å². The summed E-state index contributed by atoms with van der Waals surface area (Å²) in [5, 5.41) is 20.0. The van der Waals surface area contributed by atoms with Gasteiger partial charge >= 0.3 is 0 Å². The van der Waals surface area contributed by atoms with Crippen molar-refractivity contribution in [1.29, 1.82) is 0 Å². The van der Waals surface area contributed by atoms with E-state index < -0.39 is 5.60 Å². The van der Waals surface area contributed by atoms with Crippen LogP contribution in [0, 0.1) is 20.8 Å². The third-order valence-corrected chi connectivity index (χ3v) is 3.35. The topological polar surface area (TPSA) is 91.2 Å². The van der Waals surface area contributed by atoms with E-state index in [0.717, 1.165) is 11.5 Å².